The van der Waals surface area contributed by atoms with Crippen LogP contribution in [0.3, 0.4) is 0 Å². The van der Waals surface area contributed by atoms with Gasteiger partial charge in [-0.1, -0.05) is 26.0 Å². The predicted molar refractivity (Wildman–Crippen MR) is 145 cm³/mol. The summed E-state index contributed by atoms with van der Waals surface area (Å²) >= 11 is 0. The molecular formula is C28H35F4N3O9. The molecule has 0 radical (unpaired) electrons. The van der Waals surface area contributed by atoms with Gasteiger partial charge in [0, 0.05) is 6.42 Å². The Hall–Kier alpha value is -3.76. The number of alkyl halides is 3. The number of carbonyl (C=O) groups excluding carboxylic acids is 2. The van der Waals surface area contributed by atoms with Crippen LogP contribution in [-0.2, 0) is 43.3 Å². The van der Waals surface area contributed by atoms with Crippen molar-refractivity contribution in [3.8, 4) is 0 Å². The summed E-state index contributed by atoms with van der Waals surface area (Å²) in [4.78, 5) is 50.6. The maximum atomic E-state index is 14.7. The van der Waals surface area contributed by atoms with E-state index in [2.05, 4.69) is 5.32 Å². The van der Waals surface area contributed by atoms with Crippen LogP contribution in [0.2, 0.25) is 0 Å². The number of rotatable bonds is 10. The Balaban J connectivity index is 1.73. The highest BCUT2D eigenvalue weighted by molar-refractivity contribution is 5.81. The lowest BCUT2D eigenvalue weighted by atomic mass is 10.1. The number of amides is 1. The summed E-state index contributed by atoms with van der Waals surface area (Å²) in [5.41, 5.74) is -3.76. The summed E-state index contributed by atoms with van der Waals surface area (Å²) in [7, 11) is 0. The van der Waals surface area contributed by atoms with Crippen molar-refractivity contribution in [3.63, 3.8) is 0 Å². The van der Waals surface area contributed by atoms with Crippen LogP contribution in [0, 0.1) is 11.7 Å². The van der Waals surface area contributed by atoms with Crippen LogP contribution in [0.15, 0.2) is 40.1 Å². The molecular weight excluding hydrogens is 598 g/mol. The van der Waals surface area contributed by atoms with Crippen LogP contribution in [-0.4, -0.2) is 56.8 Å². The number of aliphatic hydroxyl groups excluding tert-OH is 1. The van der Waals surface area contributed by atoms with E-state index in [0.717, 1.165) is 16.7 Å². The minimum Gasteiger partial charge on any atom is -0.444 e. The number of nitrogens with zero attached hydrogens (tertiary/aromatic N) is 2. The average Bonchev–Trinajstić information content (AvgIpc) is 3.34. The summed E-state index contributed by atoms with van der Waals surface area (Å²) in [5.74, 6) is -2.87. The van der Waals surface area contributed by atoms with Crippen molar-refractivity contribution in [1.82, 2.24) is 14.5 Å². The molecule has 0 aliphatic carbocycles. The highest BCUT2D eigenvalue weighted by Gasteiger charge is 2.38. The molecule has 4 atom stereocenters. The van der Waals surface area contributed by atoms with Crippen molar-refractivity contribution in [2.75, 3.05) is 6.61 Å². The normalized spacial score (nSPS) is 19.6. The molecule has 3 rings (SSSR count). The molecule has 12 nitrogen and oxygen atoms in total. The SMILES string of the molecule is CC(C)[C@H](NC(=O)OC(C)(C)C)C(=O)OCn1c(=O)c(F)cn([C@H]2C[C@H](OCc3ccc(C(F)(F)F)cc3)[C@@H](CO)O2)c1=O. The predicted octanol–water partition coefficient (Wildman–Crippen LogP) is 3.08. The van der Waals surface area contributed by atoms with Gasteiger partial charge in [-0.15, -0.1) is 0 Å². The van der Waals surface area contributed by atoms with Crippen LogP contribution in [0.1, 0.15) is 58.4 Å². The lowest BCUT2D eigenvalue weighted by Crippen LogP contribution is -2.48. The first-order valence-corrected chi connectivity index (χ1v) is 13.6. The first-order chi connectivity index (χ1) is 20.4. The molecule has 1 fully saturated rings. The monoisotopic (exact) mass is 633 g/mol. The zero-order valence-corrected chi connectivity index (χ0v) is 24.7. The maximum absolute atomic E-state index is 14.7. The van der Waals surface area contributed by atoms with Crippen LogP contribution in [0.4, 0.5) is 22.4 Å². The molecule has 2 heterocycles. The third kappa shape index (κ3) is 8.89. The van der Waals surface area contributed by atoms with Gasteiger partial charge >= 0.3 is 23.9 Å². The Labute approximate surface area is 249 Å². The zero-order valence-electron chi connectivity index (χ0n) is 24.7. The summed E-state index contributed by atoms with van der Waals surface area (Å²) < 4.78 is 75.8. The van der Waals surface area contributed by atoms with Gasteiger partial charge in [0.05, 0.1) is 31.1 Å². The minimum absolute atomic E-state index is 0.0988. The average molecular weight is 634 g/mol. The topological polar surface area (TPSA) is 147 Å². The molecule has 16 heteroatoms. The molecule has 0 unspecified atom stereocenters. The number of nitrogens with one attached hydrogen (secondary N) is 1. The zero-order chi connectivity index (χ0) is 33.0. The molecule has 0 bridgehead atoms. The largest absolute Gasteiger partial charge is 0.444 e. The van der Waals surface area contributed by atoms with E-state index in [1.807, 2.05) is 0 Å². The van der Waals surface area contributed by atoms with Crippen molar-refractivity contribution in [2.45, 2.75) is 90.6 Å². The van der Waals surface area contributed by atoms with E-state index in [4.69, 9.17) is 18.9 Å². The van der Waals surface area contributed by atoms with E-state index in [-0.39, 0.29) is 13.0 Å². The van der Waals surface area contributed by atoms with E-state index in [0.29, 0.717) is 16.3 Å². The lowest BCUT2D eigenvalue weighted by Gasteiger charge is -2.24. The Kier molecular flexibility index (Phi) is 11.0. The summed E-state index contributed by atoms with van der Waals surface area (Å²) in [6, 6.07) is 3.03. The summed E-state index contributed by atoms with van der Waals surface area (Å²) in [6.45, 7) is 6.39. The van der Waals surface area contributed by atoms with Gasteiger partial charge in [0.1, 0.15) is 24.0 Å². The van der Waals surface area contributed by atoms with Crippen LogP contribution in [0.5, 0.6) is 0 Å². The molecule has 1 aromatic heterocycles. The number of esters is 1. The van der Waals surface area contributed by atoms with Gasteiger partial charge in [0.25, 0.3) is 5.56 Å². The molecule has 2 N–H and O–H groups in total. The van der Waals surface area contributed by atoms with Crippen molar-refractivity contribution in [1.29, 1.82) is 0 Å². The molecule has 1 saturated heterocycles. The van der Waals surface area contributed by atoms with Gasteiger partial charge in [-0.05, 0) is 44.4 Å². The van der Waals surface area contributed by atoms with Crippen molar-refractivity contribution in [3.05, 3.63) is 68.2 Å². The number of halogens is 4. The van der Waals surface area contributed by atoms with Gasteiger partial charge < -0.3 is 29.4 Å². The minimum atomic E-state index is -4.50. The first-order valence-electron chi connectivity index (χ1n) is 13.6. The third-order valence-corrected chi connectivity index (χ3v) is 6.50. The highest BCUT2D eigenvalue weighted by Crippen LogP contribution is 2.32. The fraction of sp³-hybridized carbons (Fsp3) is 0.571. The van der Waals surface area contributed by atoms with Crippen molar-refractivity contribution in [2.24, 2.45) is 5.92 Å². The Morgan fingerprint density at radius 1 is 1.14 bits per heavy atom. The molecule has 244 valence electrons. The van der Waals surface area contributed by atoms with Gasteiger partial charge in [-0.2, -0.15) is 17.6 Å². The molecule has 1 aromatic carbocycles. The number of aromatic nitrogens is 2. The number of alkyl carbamates (subject to hydrolysis) is 1. The van der Waals surface area contributed by atoms with Crippen LogP contribution >= 0.6 is 0 Å². The van der Waals surface area contributed by atoms with Crippen LogP contribution in [0.25, 0.3) is 0 Å². The fourth-order valence-corrected chi connectivity index (χ4v) is 4.26. The Morgan fingerprint density at radius 2 is 1.77 bits per heavy atom. The fourth-order valence-electron chi connectivity index (χ4n) is 4.26. The van der Waals surface area contributed by atoms with Gasteiger partial charge in [-0.3, -0.25) is 9.36 Å². The second-order valence-electron chi connectivity index (χ2n) is 11.5. The van der Waals surface area contributed by atoms with Gasteiger partial charge in [0.15, 0.2) is 6.73 Å². The highest BCUT2D eigenvalue weighted by atomic mass is 19.4. The standard InChI is InChI=1S/C28H35F4N3O9/c1-15(2)22(33-25(39)44-27(3,4)5)24(38)42-14-35-23(37)18(29)11-34(26(35)40)21-10-19(20(12-36)43-21)41-13-16-6-8-17(9-7-16)28(30,31)32/h6-9,11,15,19-22,36H,10,12-14H2,1-5H3,(H,33,39)/t19-,20+,21+,22-/m0/s1. The first kappa shape index (κ1) is 34.7. The molecule has 44 heavy (non-hydrogen) atoms. The molecule has 1 amide bonds. The molecule has 0 spiro atoms. The number of carbonyl (C=O) groups is 2. The Morgan fingerprint density at radius 3 is 2.32 bits per heavy atom. The number of hydrogen-bond donors (Lipinski definition) is 2. The number of hydrogen-bond acceptors (Lipinski definition) is 9. The molecule has 0 saturated carbocycles. The van der Waals surface area contributed by atoms with E-state index < -0.39 is 90.2 Å². The second-order valence-corrected chi connectivity index (χ2v) is 11.5. The quantitative estimate of drug-likeness (QED) is 0.298. The number of aliphatic hydroxyl groups is 1. The lowest BCUT2D eigenvalue weighted by molar-refractivity contribution is -0.151. The summed E-state index contributed by atoms with van der Waals surface area (Å²) in [5, 5.41) is 12.1. The van der Waals surface area contributed by atoms with Crippen molar-refractivity contribution >= 4 is 12.1 Å². The van der Waals surface area contributed by atoms with E-state index >= 15 is 0 Å². The molecule has 2 aromatic rings. The van der Waals surface area contributed by atoms with Gasteiger partial charge in [-0.25, -0.2) is 19.0 Å². The second kappa shape index (κ2) is 13.9. The number of benzene rings is 1. The third-order valence-electron chi connectivity index (χ3n) is 6.50. The Bertz CT molecular complexity index is 1430. The summed E-state index contributed by atoms with van der Waals surface area (Å²) in [6.07, 6.45) is -7.95. The number of ether oxygens (including phenoxy) is 4. The van der Waals surface area contributed by atoms with Crippen molar-refractivity contribution < 1.29 is 51.2 Å². The van der Waals surface area contributed by atoms with Gasteiger partial charge in [0.2, 0.25) is 5.82 Å². The van der Waals surface area contributed by atoms with E-state index in [9.17, 15) is 41.8 Å². The van der Waals surface area contributed by atoms with E-state index in [1.165, 1.54) is 12.1 Å². The van der Waals surface area contributed by atoms with Crippen LogP contribution < -0.4 is 16.6 Å². The van der Waals surface area contributed by atoms with E-state index in [1.54, 1.807) is 34.6 Å². The molecule has 1 aliphatic rings. The maximum Gasteiger partial charge on any atom is 0.416 e. The smallest absolute Gasteiger partial charge is 0.416 e. The molecule has 1 aliphatic heterocycles.